The Balaban J connectivity index is 2.50. The molecule has 2 unspecified atom stereocenters. The zero-order chi connectivity index (χ0) is 15.8. The van der Waals surface area contributed by atoms with E-state index in [2.05, 4.69) is 15.9 Å². The molecule has 21 heavy (non-hydrogen) atoms. The normalized spacial score (nSPS) is 23.3. The number of hydrogen-bond acceptors (Lipinski definition) is 5. The van der Waals surface area contributed by atoms with Crippen LogP contribution in [0.4, 0.5) is 0 Å². The summed E-state index contributed by atoms with van der Waals surface area (Å²) in [6, 6.07) is 2.69. The Morgan fingerprint density at radius 3 is 2.33 bits per heavy atom. The van der Waals surface area contributed by atoms with Gasteiger partial charge in [-0.05, 0) is 35.3 Å². The SMILES string of the molecule is COc1cc(Br)c(S(=O)(=O)N2CCC(N)C2C)cc1OC. The Kier molecular flexibility index (Phi) is 4.82. The maximum absolute atomic E-state index is 12.8. The summed E-state index contributed by atoms with van der Waals surface area (Å²) in [6.45, 7) is 2.25. The van der Waals surface area contributed by atoms with Gasteiger partial charge in [-0.15, -0.1) is 0 Å². The molecule has 2 rings (SSSR count). The second-order valence-electron chi connectivity index (χ2n) is 4.95. The van der Waals surface area contributed by atoms with Crippen LogP contribution in [0.3, 0.4) is 0 Å². The Bertz CT molecular complexity index is 635. The standard InChI is InChI=1S/C13H19BrN2O4S/c1-8-10(15)4-5-16(8)21(17,18)13-7-12(20-3)11(19-2)6-9(13)14/h6-8,10H,4-5,15H2,1-3H3. The van der Waals surface area contributed by atoms with Gasteiger partial charge in [-0.1, -0.05) is 0 Å². The van der Waals surface area contributed by atoms with Crippen molar-refractivity contribution in [2.24, 2.45) is 5.73 Å². The van der Waals surface area contributed by atoms with Gasteiger partial charge in [0.15, 0.2) is 11.5 Å². The van der Waals surface area contributed by atoms with Gasteiger partial charge < -0.3 is 15.2 Å². The van der Waals surface area contributed by atoms with E-state index in [0.717, 1.165) is 0 Å². The number of methoxy groups -OCH3 is 2. The highest BCUT2D eigenvalue weighted by Gasteiger charge is 2.38. The predicted octanol–water partition coefficient (Wildman–Crippen LogP) is 1.58. The van der Waals surface area contributed by atoms with E-state index in [1.54, 1.807) is 6.07 Å². The first-order chi connectivity index (χ1) is 9.82. The van der Waals surface area contributed by atoms with Gasteiger partial charge >= 0.3 is 0 Å². The van der Waals surface area contributed by atoms with Crippen LogP contribution in [0.25, 0.3) is 0 Å². The van der Waals surface area contributed by atoms with Crippen molar-refractivity contribution in [3.05, 3.63) is 16.6 Å². The van der Waals surface area contributed by atoms with E-state index in [4.69, 9.17) is 15.2 Å². The summed E-state index contributed by atoms with van der Waals surface area (Å²) in [5.41, 5.74) is 5.92. The van der Waals surface area contributed by atoms with Crippen LogP contribution < -0.4 is 15.2 Å². The Morgan fingerprint density at radius 2 is 1.86 bits per heavy atom. The van der Waals surface area contributed by atoms with E-state index in [-0.39, 0.29) is 17.0 Å². The Hall–Kier alpha value is -0.830. The minimum absolute atomic E-state index is 0.140. The first-order valence-electron chi connectivity index (χ1n) is 6.52. The molecule has 0 saturated carbocycles. The summed E-state index contributed by atoms with van der Waals surface area (Å²) in [4.78, 5) is 0.154. The monoisotopic (exact) mass is 378 g/mol. The van der Waals surface area contributed by atoms with E-state index in [1.165, 1.54) is 24.6 Å². The van der Waals surface area contributed by atoms with Crippen molar-refractivity contribution in [2.75, 3.05) is 20.8 Å². The number of rotatable bonds is 4. The van der Waals surface area contributed by atoms with E-state index in [0.29, 0.717) is 28.9 Å². The third-order valence-corrected chi connectivity index (χ3v) is 6.73. The van der Waals surface area contributed by atoms with E-state index < -0.39 is 10.0 Å². The van der Waals surface area contributed by atoms with Crippen molar-refractivity contribution in [3.8, 4) is 11.5 Å². The quantitative estimate of drug-likeness (QED) is 0.859. The highest BCUT2D eigenvalue weighted by molar-refractivity contribution is 9.10. The largest absolute Gasteiger partial charge is 0.493 e. The first kappa shape index (κ1) is 16.5. The van der Waals surface area contributed by atoms with Crippen molar-refractivity contribution in [1.29, 1.82) is 0 Å². The number of sulfonamides is 1. The number of benzene rings is 1. The molecule has 6 nitrogen and oxygen atoms in total. The van der Waals surface area contributed by atoms with E-state index in [9.17, 15) is 8.42 Å². The molecular weight excluding hydrogens is 360 g/mol. The lowest BCUT2D eigenvalue weighted by atomic mass is 10.2. The maximum Gasteiger partial charge on any atom is 0.244 e. The average Bonchev–Trinajstić information content (AvgIpc) is 2.78. The molecule has 1 aromatic carbocycles. The van der Waals surface area contributed by atoms with Crippen LogP contribution in [-0.4, -0.2) is 45.6 Å². The van der Waals surface area contributed by atoms with Crippen LogP contribution in [0.1, 0.15) is 13.3 Å². The van der Waals surface area contributed by atoms with Gasteiger partial charge in [0.05, 0.1) is 14.2 Å². The topological polar surface area (TPSA) is 81.9 Å². The van der Waals surface area contributed by atoms with Crippen molar-refractivity contribution in [1.82, 2.24) is 4.31 Å². The summed E-state index contributed by atoms with van der Waals surface area (Å²) in [5, 5.41) is 0. The molecule has 1 fully saturated rings. The molecule has 2 atom stereocenters. The van der Waals surface area contributed by atoms with Crippen LogP contribution >= 0.6 is 15.9 Å². The number of nitrogens with zero attached hydrogens (tertiary/aromatic N) is 1. The molecule has 0 bridgehead atoms. The summed E-state index contributed by atoms with van der Waals surface area (Å²) in [6.07, 6.45) is 0.658. The molecule has 1 saturated heterocycles. The van der Waals surface area contributed by atoms with Crippen LogP contribution in [0.5, 0.6) is 11.5 Å². The van der Waals surface area contributed by atoms with Crippen LogP contribution in [0.2, 0.25) is 0 Å². The summed E-state index contributed by atoms with van der Waals surface area (Å²) in [5.74, 6) is 0.838. The Morgan fingerprint density at radius 1 is 1.29 bits per heavy atom. The van der Waals surface area contributed by atoms with Gasteiger partial charge in [0.1, 0.15) is 4.90 Å². The molecule has 1 aliphatic rings. The minimum Gasteiger partial charge on any atom is -0.493 e. The molecule has 0 radical (unpaired) electrons. The predicted molar refractivity (Wildman–Crippen MR) is 83.2 cm³/mol. The van der Waals surface area contributed by atoms with Gasteiger partial charge in [-0.25, -0.2) is 8.42 Å². The summed E-state index contributed by atoms with van der Waals surface area (Å²) in [7, 11) is -0.669. The van der Waals surface area contributed by atoms with Gasteiger partial charge in [-0.3, -0.25) is 0 Å². The molecule has 118 valence electrons. The van der Waals surface area contributed by atoms with Crippen molar-refractivity contribution >= 4 is 26.0 Å². The fourth-order valence-electron chi connectivity index (χ4n) is 2.43. The van der Waals surface area contributed by atoms with Crippen molar-refractivity contribution in [3.63, 3.8) is 0 Å². The third-order valence-electron chi connectivity index (χ3n) is 3.78. The van der Waals surface area contributed by atoms with Gasteiger partial charge in [-0.2, -0.15) is 4.31 Å². The van der Waals surface area contributed by atoms with Crippen LogP contribution in [-0.2, 0) is 10.0 Å². The lowest BCUT2D eigenvalue weighted by Crippen LogP contribution is -2.40. The molecule has 8 heteroatoms. The molecule has 1 heterocycles. The number of hydrogen-bond donors (Lipinski definition) is 1. The lowest BCUT2D eigenvalue weighted by molar-refractivity contribution is 0.352. The number of nitrogens with two attached hydrogens (primary N) is 1. The lowest BCUT2D eigenvalue weighted by Gasteiger charge is -2.23. The molecule has 0 aliphatic carbocycles. The second-order valence-corrected chi connectivity index (χ2v) is 7.66. The fraction of sp³-hybridized carbons (Fsp3) is 0.538. The van der Waals surface area contributed by atoms with Gasteiger partial charge in [0, 0.05) is 29.2 Å². The molecular formula is C13H19BrN2O4S. The number of ether oxygens (including phenoxy) is 2. The maximum atomic E-state index is 12.8. The highest BCUT2D eigenvalue weighted by Crippen LogP contribution is 2.38. The fourth-order valence-corrected chi connectivity index (χ4v) is 5.12. The van der Waals surface area contributed by atoms with Crippen LogP contribution in [0.15, 0.2) is 21.5 Å². The van der Waals surface area contributed by atoms with Crippen LogP contribution in [0, 0.1) is 0 Å². The average molecular weight is 379 g/mol. The highest BCUT2D eigenvalue weighted by atomic mass is 79.9. The summed E-state index contributed by atoms with van der Waals surface area (Å²) < 4.78 is 37.9. The molecule has 0 spiro atoms. The molecule has 1 aliphatic heterocycles. The molecule has 0 amide bonds. The van der Waals surface area contributed by atoms with Gasteiger partial charge in [0.25, 0.3) is 0 Å². The molecule has 0 aromatic heterocycles. The zero-order valence-corrected chi connectivity index (χ0v) is 14.6. The minimum atomic E-state index is -3.64. The number of halogens is 1. The smallest absolute Gasteiger partial charge is 0.244 e. The first-order valence-corrected chi connectivity index (χ1v) is 8.75. The van der Waals surface area contributed by atoms with Crippen molar-refractivity contribution in [2.45, 2.75) is 30.3 Å². The zero-order valence-electron chi connectivity index (χ0n) is 12.2. The molecule has 1 aromatic rings. The van der Waals surface area contributed by atoms with Crippen molar-refractivity contribution < 1.29 is 17.9 Å². The third kappa shape index (κ3) is 2.90. The second kappa shape index (κ2) is 6.12. The summed E-state index contributed by atoms with van der Waals surface area (Å²) >= 11 is 3.30. The van der Waals surface area contributed by atoms with E-state index >= 15 is 0 Å². The Labute approximate surface area is 133 Å². The molecule has 2 N–H and O–H groups in total. The van der Waals surface area contributed by atoms with E-state index in [1.807, 2.05) is 6.92 Å². The van der Waals surface area contributed by atoms with Gasteiger partial charge in [0.2, 0.25) is 10.0 Å².